The van der Waals surface area contributed by atoms with Gasteiger partial charge in [-0.1, -0.05) is 0 Å². The zero-order valence-corrected chi connectivity index (χ0v) is 9.72. The number of piperazine rings is 1. The first kappa shape index (κ1) is 12.0. The van der Waals surface area contributed by atoms with E-state index in [-0.39, 0.29) is 17.8 Å². The molecule has 0 bridgehead atoms. The fourth-order valence-corrected chi connectivity index (χ4v) is 1.83. The average Bonchev–Trinajstić information content (AvgIpc) is 2.34. The standard InChI is InChI=1S/C12H16FN3O/c1-8-6-9(13)2-3-10(8)16-12(17)11-7-14-4-5-15-11/h2-3,6,11,14-15H,4-5,7H2,1H3,(H,16,17). The predicted octanol–water partition coefficient (Wildman–Crippen LogP) is 0.634. The van der Waals surface area contributed by atoms with Crippen molar-refractivity contribution in [1.29, 1.82) is 0 Å². The number of carbonyl (C=O) groups is 1. The first-order chi connectivity index (χ1) is 8.16. The van der Waals surface area contributed by atoms with Crippen LogP contribution in [-0.2, 0) is 4.79 Å². The van der Waals surface area contributed by atoms with Gasteiger partial charge >= 0.3 is 0 Å². The zero-order valence-electron chi connectivity index (χ0n) is 9.72. The zero-order chi connectivity index (χ0) is 12.3. The van der Waals surface area contributed by atoms with E-state index in [0.29, 0.717) is 12.2 Å². The molecule has 92 valence electrons. The normalized spacial score (nSPS) is 20.0. The van der Waals surface area contributed by atoms with Crippen molar-refractivity contribution >= 4 is 11.6 Å². The van der Waals surface area contributed by atoms with Gasteiger partial charge in [0.25, 0.3) is 0 Å². The number of rotatable bonds is 2. The Morgan fingerprint density at radius 1 is 1.47 bits per heavy atom. The van der Waals surface area contributed by atoms with E-state index in [1.165, 1.54) is 12.1 Å². The molecule has 1 saturated heterocycles. The molecule has 5 heteroatoms. The lowest BCUT2D eigenvalue weighted by Gasteiger charge is -2.23. The molecule has 4 nitrogen and oxygen atoms in total. The summed E-state index contributed by atoms with van der Waals surface area (Å²) in [6.07, 6.45) is 0. The van der Waals surface area contributed by atoms with Gasteiger partial charge < -0.3 is 16.0 Å². The van der Waals surface area contributed by atoms with Crippen molar-refractivity contribution in [1.82, 2.24) is 10.6 Å². The molecule has 1 aliphatic rings. The summed E-state index contributed by atoms with van der Waals surface area (Å²) in [7, 11) is 0. The molecule has 1 amide bonds. The molecular formula is C12H16FN3O. The molecule has 0 aliphatic carbocycles. The molecule has 1 heterocycles. The van der Waals surface area contributed by atoms with Crippen LogP contribution in [0.3, 0.4) is 0 Å². The second kappa shape index (κ2) is 5.25. The van der Waals surface area contributed by atoms with Crippen LogP contribution in [-0.4, -0.2) is 31.6 Å². The van der Waals surface area contributed by atoms with Gasteiger partial charge in [-0.3, -0.25) is 4.79 Å². The van der Waals surface area contributed by atoms with E-state index in [1.807, 2.05) is 0 Å². The van der Waals surface area contributed by atoms with Gasteiger partial charge in [-0.2, -0.15) is 0 Å². The molecule has 0 spiro atoms. The van der Waals surface area contributed by atoms with Crippen LogP contribution in [0.4, 0.5) is 10.1 Å². The molecular weight excluding hydrogens is 221 g/mol. The molecule has 1 fully saturated rings. The number of aryl methyl sites for hydroxylation is 1. The second-order valence-corrected chi connectivity index (χ2v) is 4.16. The van der Waals surface area contributed by atoms with Crippen LogP contribution < -0.4 is 16.0 Å². The summed E-state index contributed by atoms with van der Waals surface area (Å²) in [5, 5.41) is 9.06. The predicted molar refractivity (Wildman–Crippen MR) is 64.4 cm³/mol. The van der Waals surface area contributed by atoms with Crippen molar-refractivity contribution in [2.75, 3.05) is 25.0 Å². The number of benzene rings is 1. The minimum atomic E-state index is -0.294. The van der Waals surface area contributed by atoms with Gasteiger partial charge in [0.1, 0.15) is 5.82 Å². The van der Waals surface area contributed by atoms with Gasteiger partial charge in [-0.05, 0) is 30.7 Å². The van der Waals surface area contributed by atoms with Crippen LogP contribution >= 0.6 is 0 Å². The highest BCUT2D eigenvalue weighted by molar-refractivity contribution is 5.95. The van der Waals surface area contributed by atoms with Crippen LogP contribution in [0.25, 0.3) is 0 Å². The highest BCUT2D eigenvalue weighted by Gasteiger charge is 2.20. The molecule has 3 N–H and O–H groups in total. The number of halogens is 1. The summed E-state index contributed by atoms with van der Waals surface area (Å²) in [5.74, 6) is -0.384. The van der Waals surface area contributed by atoms with E-state index in [0.717, 1.165) is 18.7 Å². The van der Waals surface area contributed by atoms with Crippen LogP contribution in [0.5, 0.6) is 0 Å². The summed E-state index contributed by atoms with van der Waals surface area (Å²) < 4.78 is 12.9. The van der Waals surface area contributed by atoms with E-state index < -0.39 is 0 Å². The van der Waals surface area contributed by atoms with Crippen molar-refractivity contribution in [2.45, 2.75) is 13.0 Å². The monoisotopic (exact) mass is 237 g/mol. The first-order valence-electron chi connectivity index (χ1n) is 5.68. The van der Waals surface area contributed by atoms with Gasteiger partial charge in [-0.15, -0.1) is 0 Å². The molecule has 0 saturated carbocycles. The fraction of sp³-hybridized carbons (Fsp3) is 0.417. The quantitative estimate of drug-likeness (QED) is 0.707. The largest absolute Gasteiger partial charge is 0.324 e. The molecule has 1 atom stereocenters. The minimum absolute atomic E-state index is 0.0908. The van der Waals surface area contributed by atoms with Crippen molar-refractivity contribution in [3.05, 3.63) is 29.6 Å². The molecule has 0 aromatic heterocycles. The molecule has 1 aromatic carbocycles. The number of hydrogen-bond acceptors (Lipinski definition) is 3. The third-order valence-electron chi connectivity index (χ3n) is 2.80. The summed E-state index contributed by atoms with van der Waals surface area (Å²) in [5.41, 5.74) is 1.38. The van der Waals surface area contributed by atoms with Crippen LogP contribution in [0, 0.1) is 12.7 Å². The van der Waals surface area contributed by atoms with E-state index in [2.05, 4.69) is 16.0 Å². The Morgan fingerprint density at radius 3 is 2.94 bits per heavy atom. The van der Waals surface area contributed by atoms with E-state index in [4.69, 9.17) is 0 Å². The summed E-state index contributed by atoms with van der Waals surface area (Å²) in [6.45, 7) is 4.04. The maximum Gasteiger partial charge on any atom is 0.242 e. The SMILES string of the molecule is Cc1cc(F)ccc1NC(=O)C1CNCCN1. The number of amides is 1. The van der Waals surface area contributed by atoms with E-state index in [1.54, 1.807) is 13.0 Å². The lowest BCUT2D eigenvalue weighted by molar-refractivity contribution is -0.118. The first-order valence-corrected chi connectivity index (χ1v) is 5.68. The lowest BCUT2D eigenvalue weighted by Crippen LogP contribution is -2.54. The Kier molecular flexibility index (Phi) is 3.71. The Hall–Kier alpha value is -1.46. The van der Waals surface area contributed by atoms with Crippen LogP contribution in [0.2, 0.25) is 0 Å². The molecule has 1 unspecified atom stereocenters. The summed E-state index contributed by atoms with van der Waals surface area (Å²) >= 11 is 0. The number of anilines is 1. The smallest absolute Gasteiger partial charge is 0.242 e. The van der Waals surface area contributed by atoms with Crippen LogP contribution in [0.1, 0.15) is 5.56 Å². The molecule has 1 aromatic rings. The Labute approximate surface area is 99.6 Å². The molecule has 1 aliphatic heterocycles. The van der Waals surface area contributed by atoms with Gasteiger partial charge in [0.05, 0.1) is 6.04 Å². The fourth-order valence-electron chi connectivity index (χ4n) is 1.83. The maximum absolute atomic E-state index is 12.9. The van der Waals surface area contributed by atoms with Crippen molar-refractivity contribution < 1.29 is 9.18 Å². The third kappa shape index (κ3) is 3.01. The van der Waals surface area contributed by atoms with E-state index in [9.17, 15) is 9.18 Å². The van der Waals surface area contributed by atoms with Crippen molar-refractivity contribution in [3.63, 3.8) is 0 Å². The van der Waals surface area contributed by atoms with Gasteiger partial charge in [0, 0.05) is 25.3 Å². The van der Waals surface area contributed by atoms with Gasteiger partial charge in [-0.25, -0.2) is 4.39 Å². The van der Waals surface area contributed by atoms with Crippen LogP contribution in [0.15, 0.2) is 18.2 Å². The summed E-state index contributed by atoms with van der Waals surface area (Å²) in [6, 6.07) is 4.10. The topological polar surface area (TPSA) is 53.2 Å². The van der Waals surface area contributed by atoms with Gasteiger partial charge in [0.2, 0.25) is 5.91 Å². The number of nitrogens with one attached hydrogen (secondary N) is 3. The highest BCUT2D eigenvalue weighted by Crippen LogP contribution is 2.15. The van der Waals surface area contributed by atoms with E-state index >= 15 is 0 Å². The van der Waals surface area contributed by atoms with Crippen molar-refractivity contribution in [2.24, 2.45) is 0 Å². The summed E-state index contributed by atoms with van der Waals surface area (Å²) in [4.78, 5) is 11.9. The van der Waals surface area contributed by atoms with Gasteiger partial charge in [0.15, 0.2) is 0 Å². The Bertz CT molecular complexity index is 416. The Balaban J connectivity index is 2.02. The lowest BCUT2D eigenvalue weighted by atomic mass is 10.1. The highest BCUT2D eigenvalue weighted by atomic mass is 19.1. The maximum atomic E-state index is 12.9. The average molecular weight is 237 g/mol. The third-order valence-corrected chi connectivity index (χ3v) is 2.80. The Morgan fingerprint density at radius 2 is 2.29 bits per heavy atom. The molecule has 2 rings (SSSR count). The number of hydrogen-bond donors (Lipinski definition) is 3. The number of carbonyl (C=O) groups excluding carboxylic acids is 1. The molecule has 17 heavy (non-hydrogen) atoms. The molecule has 0 radical (unpaired) electrons. The van der Waals surface area contributed by atoms with Crippen molar-refractivity contribution in [3.8, 4) is 0 Å². The second-order valence-electron chi connectivity index (χ2n) is 4.16. The minimum Gasteiger partial charge on any atom is -0.324 e.